The van der Waals surface area contributed by atoms with E-state index in [1.54, 1.807) is 18.0 Å². The van der Waals surface area contributed by atoms with Gasteiger partial charge in [0, 0.05) is 5.56 Å². The Morgan fingerprint density at radius 2 is 2.12 bits per heavy atom. The van der Waals surface area contributed by atoms with Gasteiger partial charge in [0.1, 0.15) is 17.3 Å². The van der Waals surface area contributed by atoms with Crippen LogP contribution in [-0.4, -0.2) is 16.7 Å². The molecule has 1 aromatic heterocycles. The second-order valence-electron chi connectivity index (χ2n) is 3.54. The van der Waals surface area contributed by atoms with Crippen molar-refractivity contribution in [2.45, 2.75) is 6.54 Å². The molecule has 2 aromatic rings. The molecule has 0 aliphatic heterocycles. The zero-order valence-electron chi connectivity index (χ0n) is 9.55. The SMILES string of the molecule is C#CCn1cnc(-c2ccc(OC)cc2)c1N. The van der Waals surface area contributed by atoms with Gasteiger partial charge in [-0.05, 0) is 24.3 Å². The molecule has 0 saturated heterocycles. The molecule has 0 radical (unpaired) electrons. The molecule has 1 aromatic carbocycles. The van der Waals surface area contributed by atoms with E-state index >= 15 is 0 Å². The lowest BCUT2D eigenvalue weighted by Crippen LogP contribution is -2.00. The molecule has 0 amide bonds. The molecular weight excluding hydrogens is 214 g/mol. The number of hydrogen-bond donors (Lipinski definition) is 1. The molecule has 0 saturated carbocycles. The maximum absolute atomic E-state index is 5.97. The van der Waals surface area contributed by atoms with E-state index in [0.29, 0.717) is 12.4 Å². The highest BCUT2D eigenvalue weighted by Gasteiger charge is 2.09. The van der Waals surface area contributed by atoms with Gasteiger partial charge in [-0.25, -0.2) is 4.98 Å². The molecule has 1 heterocycles. The standard InChI is InChI=1S/C13H13N3O/c1-3-8-16-9-15-12(13(16)14)10-4-6-11(17-2)7-5-10/h1,4-7,9H,8,14H2,2H3. The summed E-state index contributed by atoms with van der Waals surface area (Å²) >= 11 is 0. The van der Waals surface area contributed by atoms with E-state index in [1.165, 1.54) is 0 Å². The van der Waals surface area contributed by atoms with Crippen molar-refractivity contribution >= 4 is 5.82 Å². The lowest BCUT2D eigenvalue weighted by atomic mass is 10.1. The average Bonchev–Trinajstić information content (AvgIpc) is 2.72. The summed E-state index contributed by atoms with van der Waals surface area (Å²) in [6.45, 7) is 0.426. The van der Waals surface area contributed by atoms with Gasteiger partial charge in [-0.1, -0.05) is 5.92 Å². The Hall–Kier alpha value is -2.41. The fraction of sp³-hybridized carbons (Fsp3) is 0.154. The van der Waals surface area contributed by atoms with Gasteiger partial charge in [-0.15, -0.1) is 6.42 Å². The van der Waals surface area contributed by atoms with Crippen LogP contribution in [0.15, 0.2) is 30.6 Å². The van der Waals surface area contributed by atoms with Crippen molar-refractivity contribution in [3.63, 3.8) is 0 Å². The van der Waals surface area contributed by atoms with Gasteiger partial charge < -0.3 is 15.0 Å². The number of methoxy groups -OCH3 is 1. The van der Waals surface area contributed by atoms with Gasteiger partial charge in [0.2, 0.25) is 0 Å². The third-order valence-corrected chi connectivity index (χ3v) is 2.50. The van der Waals surface area contributed by atoms with Crippen molar-refractivity contribution in [3.8, 4) is 29.4 Å². The number of ether oxygens (including phenoxy) is 1. The number of aromatic nitrogens is 2. The Morgan fingerprint density at radius 1 is 1.41 bits per heavy atom. The number of benzene rings is 1. The number of hydrogen-bond acceptors (Lipinski definition) is 3. The van der Waals surface area contributed by atoms with Gasteiger partial charge in [-0.2, -0.15) is 0 Å². The maximum Gasteiger partial charge on any atom is 0.132 e. The molecule has 4 heteroatoms. The summed E-state index contributed by atoms with van der Waals surface area (Å²) in [7, 11) is 1.63. The van der Waals surface area contributed by atoms with Crippen molar-refractivity contribution in [3.05, 3.63) is 30.6 Å². The van der Waals surface area contributed by atoms with Crippen molar-refractivity contribution in [2.75, 3.05) is 12.8 Å². The molecule has 0 aliphatic rings. The van der Waals surface area contributed by atoms with Crippen LogP contribution in [-0.2, 0) is 6.54 Å². The minimum Gasteiger partial charge on any atom is -0.497 e. The Bertz CT molecular complexity index is 549. The van der Waals surface area contributed by atoms with Gasteiger partial charge in [0.15, 0.2) is 0 Å². The largest absolute Gasteiger partial charge is 0.497 e. The highest BCUT2D eigenvalue weighted by molar-refractivity contribution is 5.70. The second-order valence-corrected chi connectivity index (χ2v) is 3.54. The van der Waals surface area contributed by atoms with Crippen LogP contribution in [0.4, 0.5) is 5.82 Å². The zero-order valence-corrected chi connectivity index (χ0v) is 9.55. The molecule has 0 unspecified atom stereocenters. The first kappa shape index (κ1) is 11.1. The van der Waals surface area contributed by atoms with Crippen molar-refractivity contribution in [2.24, 2.45) is 0 Å². The normalized spacial score (nSPS) is 9.88. The van der Waals surface area contributed by atoms with Gasteiger partial charge in [-0.3, -0.25) is 0 Å². The Balaban J connectivity index is 2.36. The van der Waals surface area contributed by atoms with Gasteiger partial charge in [0.25, 0.3) is 0 Å². The van der Waals surface area contributed by atoms with Crippen molar-refractivity contribution < 1.29 is 4.74 Å². The summed E-state index contributed by atoms with van der Waals surface area (Å²) in [5, 5.41) is 0. The Kier molecular flexibility index (Phi) is 3.01. The smallest absolute Gasteiger partial charge is 0.132 e. The van der Waals surface area contributed by atoms with E-state index in [-0.39, 0.29) is 0 Å². The van der Waals surface area contributed by atoms with Crippen LogP contribution in [0, 0.1) is 12.3 Å². The number of terminal acetylenes is 1. The van der Waals surface area contributed by atoms with E-state index in [9.17, 15) is 0 Å². The highest BCUT2D eigenvalue weighted by atomic mass is 16.5. The predicted octanol–water partition coefficient (Wildman–Crippen LogP) is 1.77. The summed E-state index contributed by atoms with van der Waals surface area (Å²) < 4.78 is 6.83. The fourth-order valence-corrected chi connectivity index (χ4v) is 1.59. The molecule has 0 bridgehead atoms. The number of rotatable bonds is 3. The van der Waals surface area contributed by atoms with E-state index in [4.69, 9.17) is 16.9 Å². The summed E-state index contributed by atoms with van der Waals surface area (Å²) in [6, 6.07) is 7.57. The quantitative estimate of drug-likeness (QED) is 0.813. The van der Waals surface area contributed by atoms with Crippen molar-refractivity contribution in [1.29, 1.82) is 0 Å². The molecule has 2 N–H and O–H groups in total. The van der Waals surface area contributed by atoms with Crippen LogP contribution < -0.4 is 10.5 Å². The predicted molar refractivity (Wildman–Crippen MR) is 67.5 cm³/mol. The van der Waals surface area contributed by atoms with Crippen LogP contribution in [0.2, 0.25) is 0 Å². The average molecular weight is 227 g/mol. The Labute approximate surface area is 100 Å². The monoisotopic (exact) mass is 227 g/mol. The summed E-state index contributed by atoms with van der Waals surface area (Å²) in [6.07, 6.45) is 6.89. The molecule has 0 fully saturated rings. The molecule has 0 atom stereocenters. The van der Waals surface area contributed by atoms with Gasteiger partial charge in [0.05, 0.1) is 20.0 Å². The number of nitrogens with zero attached hydrogens (tertiary/aromatic N) is 2. The summed E-state index contributed by atoms with van der Waals surface area (Å²) in [4.78, 5) is 4.26. The van der Waals surface area contributed by atoms with E-state index in [0.717, 1.165) is 17.0 Å². The van der Waals surface area contributed by atoms with E-state index < -0.39 is 0 Å². The molecular formula is C13H13N3O. The van der Waals surface area contributed by atoms with Crippen LogP contribution in [0.5, 0.6) is 5.75 Å². The third-order valence-electron chi connectivity index (χ3n) is 2.50. The van der Waals surface area contributed by atoms with Crippen LogP contribution in [0.25, 0.3) is 11.3 Å². The third kappa shape index (κ3) is 2.08. The Morgan fingerprint density at radius 3 is 2.71 bits per heavy atom. The van der Waals surface area contributed by atoms with Crippen LogP contribution in [0.3, 0.4) is 0 Å². The van der Waals surface area contributed by atoms with Crippen LogP contribution >= 0.6 is 0 Å². The molecule has 86 valence electrons. The number of nitrogen functional groups attached to an aromatic ring is 1. The second kappa shape index (κ2) is 4.62. The highest BCUT2D eigenvalue weighted by Crippen LogP contribution is 2.25. The molecule has 0 spiro atoms. The molecule has 2 rings (SSSR count). The zero-order chi connectivity index (χ0) is 12.3. The van der Waals surface area contributed by atoms with E-state index in [1.807, 2.05) is 24.3 Å². The number of nitrogens with two attached hydrogens (primary N) is 1. The number of anilines is 1. The van der Waals surface area contributed by atoms with E-state index in [2.05, 4.69) is 10.9 Å². The first-order chi connectivity index (χ1) is 8.26. The lowest BCUT2D eigenvalue weighted by Gasteiger charge is -2.03. The van der Waals surface area contributed by atoms with Crippen molar-refractivity contribution in [1.82, 2.24) is 9.55 Å². The first-order valence-corrected chi connectivity index (χ1v) is 5.14. The minimum absolute atomic E-state index is 0.426. The summed E-state index contributed by atoms with van der Waals surface area (Å²) in [5.74, 6) is 3.91. The molecule has 4 nitrogen and oxygen atoms in total. The minimum atomic E-state index is 0.426. The van der Waals surface area contributed by atoms with Gasteiger partial charge >= 0.3 is 0 Å². The fourth-order valence-electron chi connectivity index (χ4n) is 1.59. The maximum atomic E-state index is 5.97. The van der Waals surface area contributed by atoms with Crippen LogP contribution in [0.1, 0.15) is 0 Å². The lowest BCUT2D eigenvalue weighted by molar-refractivity contribution is 0.415. The summed E-state index contributed by atoms with van der Waals surface area (Å²) in [5.41, 5.74) is 7.65. The molecule has 0 aliphatic carbocycles. The topological polar surface area (TPSA) is 53.1 Å². The molecule has 17 heavy (non-hydrogen) atoms. The number of imidazole rings is 1. The first-order valence-electron chi connectivity index (χ1n) is 5.14.